The summed E-state index contributed by atoms with van der Waals surface area (Å²) in [6, 6.07) is 7.29. The Morgan fingerprint density at radius 1 is 1.43 bits per heavy atom. The Hall–Kier alpha value is -2.50. The number of aryl methyl sites for hydroxylation is 1. The number of nitrogen functional groups attached to an aromatic ring is 1. The highest BCUT2D eigenvalue weighted by Crippen LogP contribution is 2.18. The van der Waals surface area contributed by atoms with Crippen LogP contribution in [0.3, 0.4) is 0 Å². The standard InChI is InChI=1S/C15H20N4O2/c1-4-21-13-7-5-6-12(8-13)17-14(20)9-19-11(3)15(16)10(2)18-19/h5-8H,4,9,16H2,1-3H3,(H,17,20). The first-order valence-electron chi connectivity index (χ1n) is 6.83. The Bertz CT molecular complexity index is 649. The highest BCUT2D eigenvalue weighted by molar-refractivity contribution is 5.90. The fourth-order valence-electron chi connectivity index (χ4n) is 2.03. The number of rotatable bonds is 5. The molecular formula is C15H20N4O2. The number of hydrogen-bond acceptors (Lipinski definition) is 4. The van der Waals surface area contributed by atoms with Gasteiger partial charge in [-0.05, 0) is 32.9 Å². The van der Waals surface area contributed by atoms with Gasteiger partial charge in [0.1, 0.15) is 12.3 Å². The number of amides is 1. The molecule has 21 heavy (non-hydrogen) atoms. The molecular weight excluding hydrogens is 268 g/mol. The maximum atomic E-state index is 12.1. The van der Waals surface area contributed by atoms with Crippen LogP contribution in [0.15, 0.2) is 24.3 Å². The topological polar surface area (TPSA) is 82.2 Å². The number of carbonyl (C=O) groups excluding carboxylic acids is 1. The van der Waals surface area contributed by atoms with E-state index in [0.29, 0.717) is 18.0 Å². The number of hydrogen-bond donors (Lipinski definition) is 2. The molecule has 1 aromatic heterocycles. The maximum Gasteiger partial charge on any atom is 0.246 e. The zero-order valence-electron chi connectivity index (χ0n) is 12.5. The van der Waals surface area contributed by atoms with Crippen molar-refractivity contribution < 1.29 is 9.53 Å². The molecule has 0 unspecified atom stereocenters. The van der Waals surface area contributed by atoms with Crippen LogP contribution in [0.1, 0.15) is 18.3 Å². The van der Waals surface area contributed by atoms with Gasteiger partial charge in [-0.2, -0.15) is 5.10 Å². The SMILES string of the molecule is CCOc1cccc(NC(=O)Cn2nc(C)c(N)c2C)c1. The molecule has 0 saturated carbocycles. The van der Waals surface area contributed by atoms with Crippen LogP contribution in [0.4, 0.5) is 11.4 Å². The smallest absolute Gasteiger partial charge is 0.246 e. The van der Waals surface area contributed by atoms with E-state index in [1.54, 1.807) is 10.7 Å². The van der Waals surface area contributed by atoms with Crippen LogP contribution >= 0.6 is 0 Å². The van der Waals surface area contributed by atoms with Gasteiger partial charge < -0.3 is 15.8 Å². The number of benzene rings is 1. The first-order valence-corrected chi connectivity index (χ1v) is 6.83. The van der Waals surface area contributed by atoms with Crippen molar-refractivity contribution in [3.05, 3.63) is 35.7 Å². The third kappa shape index (κ3) is 3.53. The monoisotopic (exact) mass is 288 g/mol. The average molecular weight is 288 g/mol. The Kier molecular flexibility index (Phi) is 4.47. The molecule has 0 fully saturated rings. The summed E-state index contributed by atoms with van der Waals surface area (Å²) in [5.41, 5.74) is 8.71. The minimum atomic E-state index is -0.158. The Balaban J connectivity index is 2.04. The zero-order valence-corrected chi connectivity index (χ0v) is 12.5. The molecule has 6 nitrogen and oxygen atoms in total. The van der Waals surface area contributed by atoms with Crippen LogP contribution in [0, 0.1) is 13.8 Å². The molecule has 2 aromatic rings. The van der Waals surface area contributed by atoms with Crippen LogP contribution < -0.4 is 15.8 Å². The molecule has 1 heterocycles. The first kappa shape index (κ1) is 14.9. The summed E-state index contributed by atoms with van der Waals surface area (Å²) in [4.78, 5) is 12.1. The van der Waals surface area contributed by atoms with Crippen LogP contribution in [-0.4, -0.2) is 22.3 Å². The number of nitrogens with zero attached hydrogens (tertiary/aromatic N) is 2. The van der Waals surface area contributed by atoms with Crippen molar-refractivity contribution in [2.75, 3.05) is 17.7 Å². The van der Waals surface area contributed by atoms with Gasteiger partial charge in [-0.1, -0.05) is 6.07 Å². The molecule has 0 radical (unpaired) electrons. The van der Waals surface area contributed by atoms with Crippen molar-refractivity contribution in [1.29, 1.82) is 0 Å². The second-order valence-corrected chi connectivity index (χ2v) is 4.75. The number of nitrogens with two attached hydrogens (primary N) is 1. The number of ether oxygens (including phenoxy) is 1. The number of anilines is 2. The minimum Gasteiger partial charge on any atom is -0.494 e. The predicted octanol–water partition coefficient (Wildman–Crippen LogP) is 2.12. The van der Waals surface area contributed by atoms with Gasteiger partial charge in [0.2, 0.25) is 5.91 Å². The first-order chi connectivity index (χ1) is 10.0. The van der Waals surface area contributed by atoms with E-state index in [0.717, 1.165) is 17.1 Å². The van der Waals surface area contributed by atoms with Gasteiger partial charge >= 0.3 is 0 Å². The lowest BCUT2D eigenvalue weighted by molar-refractivity contribution is -0.116. The van der Waals surface area contributed by atoms with Crippen molar-refractivity contribution >= 4 is 17.3 Å². The van der Waals surface area contributed by atoms with Crippen LogP contribution in [0.5, 0.6) is 5.75 Å². The van der Waals surface area contributed by atoms with E-state index >= 15 is 0 Å². The molecule has 0 bridgehead atoms. The molecule has 0 saturated heterocycles. The summed E-state index contributed by atoms with van der Waals surface area (Å²) in [7, 11) is 0. The van der Waals surface area contributed by atoms with E-state index < -0.39 is 0 Å². The van der Waals surface area contributed by atoms with E-state index in [1.807, 2.05) is 39.0 Å². The Morgan fingerprint density at radius 2 is 2.19 bits per heavy atom. The van der Waals surface area contributed by atoms with Gasteiger partial charge in [0.05, 0.1) is 23.7 Å². The molecule has 0 aliphatic heterocycles. The lowest BCUT2D eigenvalue weighted by Gasteiger charge is -2.09. The molecule has 0 atom stereocenters. The minimum absolute atomic E-state index is 0.128. The quantitative estimate of drug-likeness (QED) is 0.883. The number of aromatic nitrogens is 2. The molecule has 0 spiro atoms. The summed E-state index contributed by atoms with van der Waals surface area (Å²) in [5.74, 6) is 0.569. The third-order valence-electron chi connectivity index (χ3n) is 3.16. The van der Waals surface area contributed by atoms with E-state index in [1.165, 1.54) is 0 Å². The van der Waals surface area contributed by atoms with E-state index in [9.17, 15) is 4.79 Å². The van der Waals surface area contributed by atoms with Crippen molar-refractivity contribution in [3.63, 3.8) is 0 Å². The fourth-order valence-corrected chi connectivity index (χ4v) is 2.03. The second-order valence-electron chi connectivity index (χ2n) is 4.75. The molecule has 0 aliphatic rings. The van der Waals surface area contributed by atoms with Gasteiger partial charge in [-0.25, -0.2) is 0 Å². The van der Waals surface area contributed by atoms with Crippen molar-refractivity contribution in [2.45, 2.75) is 27.3 Å². The number of carbonyl (C=O) groups is 1. The average Bonchev–Trinajstić information content (AvgIpc) is 2.67. The molecule has 6 heteroatoms. The lowest BCUT2D eigenvalue weighted by atomic mass is 10.3. The summed E-state index contributed by atoms with van der Waals surface area (Å²) in [6.07, 6.45) is 0. The highest BCUT2D eigenvalue weighted by atomic mass is 16.5. The summed E-state index contributed by atoms with van der Waals surface area (Å²) < 4.78 is 7.00. The lowest BCUT2D eigenvalue weighted by Crippen LogP contribution is -2.20. The predicted molar refractivity (Wildman–Crippen MR) is 82.4 cm³/mol. The van der Waals surface area contributed by atoms with Crippen LogP contribution in [0.2, 0.25) is 0 Å². The highest BCUT2D eigenvalue weighted by Gasteiger charge is 2.11. The van der Waals surface area contributed by atoms with Crippen LogP contribution in [-0.2, 0) is 11.3 Å². The van der Waals surface area contributed by atoms with Crippen molar-refractivity contribution in [2.24, 2.45) is 0 Å². The van der Waals surface area contributed by atoms with E-state index in [-0.39, 0.29) is 12.5 Å². The largest absolute Gasteiger partial charge is 0.494 e. The van der Waals surface area contributed by atoms with E-state index in [2.05, 4.69) is 10.4 Å². The molecule has 2 rings (SSSR count). The Morgan fingerprint density at radius 3 is 2.81 bits per heavy atom. The molecule has 112 valence electrons. The maximum absolute atomic E-state index is 12.1. The van der Waals surface area contributed by atoms with Gasteiger partial charge in [-0.15, -0.1) is 0 Å². The van der Waals surface area contributed by atoms with Crippen molar-refractivity contribution in [3.8, 4) is 5.75 Å². The van der Waals surface area contributed by atoms with Gasteiger partial charge in [-0.3, -0.25) is 9.48 Å². The van der Waals surface area contributed by atoms with Gasteiger partial charge in [0.15, 0.2) is 0 Å². The number of nitrogens with one attached hydrogen (secondary N) is 1. The third-order valence-corrected chi connectivity index (χ3v) is 3.16. The fraction of sp³-hybridized carbons (Fsp3) is 0.333. The normalized spacial score (nSPS) is 10.4. The second kappa shape index (κ2) is 6.30. The molecule has 0 aliphatic carbocycles. The molecule has 1 aromatic carbocycles. The Labute approximate surface area is 123 Å². The summed E-state index contributed by atoms with van der Waals surface area (Å²) >= 11 is 0. The summed E-state index contributed by atoms with van der Waals surface area (Å²) in [5, 5.41) is 7.07. The molecule has 1 amide bonds. The zero-order chi connectivity index (χ0) is 15.4. The van der Waals surface area contributed by atoms with Crippen LogP contribution in [0.25, 0.3) is 0 Å². The van der Waals surface area contributed by atoms with E-state index in [4.69, 9.17) is 10.5 Å². The van der Waals surface area contributed by atoms with Gasteiger partial charge in [0, 0.05) is 11.8 Å². The summed E-state index contributed by atoms with van der Waals surface area (Å²) in [6.45, 7) is 6.30. The van der Waals surface area contributed by atoms with Gasteiger partial charge in [0.25, 0.3) is 0 Å². The molecule has 3 N–H and O–H groups in total. The van der Waals surface area contributed by atoms with Crippen molar-refractivity contribution in [1.82, 2.24) is 9.78 Å².